The number of hydrogen-bond donors (Lipinski definition) is 1. The number of hydrogen-bond acceptors (Lipinski definition) is 1. The van der Waals surface area contributed by atoms with Crippen LogP contribution in [0.1, 0.15) is 64.7 Å². The van der Waals surface area contributed by atoms with Crippen LogP contribution in [-0.2, 0) is 0 Å². The molecule has 0 aliphatic rings. The highest BCUT2D eigenvalue weighted by Crippen LogP contribution is 2.10. The molecule has 0 bridgehead atoms. The first kappa shape index (κ1) is 17.7. The Balaban J connectivity index is 0. The monoisotopic (exact) mass is 225 g/mol. The molecule has 0 aromatic rings. The van der Waals surface area contributed by atoms with E-state index in [9.17, 15) is 0 Å². The highest BCUT2D eigenvalue weighted by molar-refractivity contribution is 4.88. The van der Waals surface area contributed by atoms with Gasteiger partial charge in [0, 0.05) is 12.7 Å². The highest BCUT2D eigenvalue weighted by Gasteiger charge is 1.92. The minimum Gasteiger partial charge on any atom is -0.392 e. The van der Waals surface area contributed by atoms with Gasteiger partial charge in [-0.15, -0.1) is 13.2 Å². The molecule has 0 spiro atoms. The quantitative estimate of drug-likeness (QED) is 0.405. The van der Waals surface area contributed by atoms with E-state index in [1.54, 1.807) is 0 Å². The highest BCUT2D eigenvalue weighted by atomic mass is 14.8. The molecular formula is C15H31N. The fraction of sp³-hybridized carbons (Fsp3) is 0.733. The molecule has 1 N–H and O–H groups in total. The van der Waals surface area contributed by atoms with Gasteiger partial charge in [-0.3, -0.25) is 0 Å². The number of rotatable bonds is 10. The van der Waals surface area contributed by atoms with Crippen molar-refractivity contribution in [2.75, 3.05) is 7.05 Å². The summed E-state index contributed by atoms with van der Waals surface area (Å²) in [4.78, 5) is 0. The first-order valence-corrected chi connectivity index (χ1v) is 6.66. The second kappa shape index (κ2) is 16.7. The van der Waals surface area contributed by atoms with Gasteiger partial charge in [0.15, 0.2) is 0 Å². The van der Waals surface area contributed by atoms with Crippen molar-refractivity contribution in [2.24, 2.45) is 0 Å². The third-order valence-corrected chi connectivity index (χ3v) is 2.69. The van der Waals surface area contributed by atoms with Crippen molar-refractivity contribution in [3.05, 3.63) is 25.4 Å². The third kappa shape index (κ3) is 15.7. The fourth-order valence-corrected chi connectivity index (χ4v) is 1.60. The van der Waals surface area contributed by atoms with Crippen molar-refractivity contribution in [1.29, 1.82) is 0 Å². The van der Waals surface area contributed by atoms with Crippen molar-refractivity contribution in [3.8, 4) is 0 Å². The molecular weight excluding hydrogens is 194 g/mol. The van der Waals surface area contributed by atoms with Crippen LogP contribution in [0.4, 0.5) is 0 Å². The topological polar surface area (TPSA) is 12.0 Å². The van der Waals surface area contributed by atoms with Crippen molar-refractivity contribution < 1.29 is 0 Å². The van der Waals surface area contributed by atoms with E-state index in [0.29, 0.717) is 0 Å². The summed E-state index contributed by atoms with van der Waals surface area (Å²) in [5.41, 5.74) is 1.18. The molecule has 1 heteroatoms. The average Bonchev–Trinajstić information content (AvgIpc) is 2.34. The minimum absolute atomic E-state index is 1.14. The molecule has 0 aromatic heterocycles. The van der Waals surface area contributed by atoms with Gasteiger partial charge in [-0.1, -0.05) is 58.4 Å². The van der Waals surface area contributed by atoms with Crippen LogP contribution in [0.5, 0.6) is 0 Å². The number of allylic oxidation sites excluding steroid dienone is 1. The maximum atomic E-state index is 3.92. The molecule has 0 amide bonds. The Kier molecular flexibility index (Phi) is 18.4. The molecule has 0 saturated heterocycles. The van der Waals surface area contributed by atoms with Crippen LogP contribution in [0.25, 0.3) is 0 Å². The molecule has 0 aliphatic carbocycles. The van der Waals surface area contributed by atoms with Gasteiger partial charge in [0.05, 0.1) is 0 Å². The predicted octanol–water partition coefficient (Wildman–Crippen LogP) is 5.05. The summed E-state index contributed by atoms with van der Waals surface area (Å²) in [7, 11) is 1.95. The summed E-state index contributed by atoms with van der Waals surface area (Å²) >= 11 is 0. The van der Waals surface area contributed by atoms with E-state index in [0.717, 1.165) is 6.42 Å². The summed E-state index contributed by atoms with van der Waals surface area (Å²) in [6, 6.07) is 0. The van der Waals surface area contributed by atoms with E-state index in [1.165, 1.54) is 57.1 Å². The minimum atomic E-state index is 1.14. The molecule has 0 unspecified atom stereocenters. The number of nitrogens with one attached hydrogen (secondary N) is 1. The van der Waals surface area contributed by atoms with Gasteiger partial charge in [0.25, 0.3) is 0 Å². The molecule has 0 saturated carbocycles. The largest absolute Gasteiger partial charge is 0.392 e. The van der Waals surface area contributed by atoms with Crippen molar-refractivity contribution in [3.63, 3.8) is 0 Å². The van der Waals surface area contributed by atoms with E-state index >= 15 is 0 Å². The zero-order valence-corrected chi connectivity index (χ0v) is 11.5. The summed E-state index contributed by atoms with van der Waals surface area (Å²) in [6.07, 6.45) is 12.3. The maximum absolute atomic E-state index is 3.92. The first-order chi connectivity index (χ1) is 7.81. The van der Waals surface area contributed by atoms with Crippen LogP contribution in [0.15, 0.2) is 25.4 Å². The normalized spacial score (nSPS) is 9.12. The van der Waals surface area contributed by atoms with Gasteiger partial charge in [-0.05, 0) is 12.8 Å². The molecule has 0 aromatic carbocycles. The van der Waals surface area contributed by atoms with E-state index in [-0.39, 0.29) is 0 Å². The standard InChI is InChI=1S/C13H27N.C2H4/c1-4-5-6-7-8-9-10-11-12-13(2)14-3;1-2/h14H,2,4-12H2,1,3H3;1-2H2. The average molecular weight is 225 g/mol. The van der Waals surface area contributed by atoms with Crippen molar-refractivity contribution in [1.82, 2.24) is 5.32 Å². The van der Waals surface area contributed by atoms with Crippen LogP contribution in [-0.4, -0.2) is 7.05 Å². The maximum Gasteiger partial charge on any atom is 0.00310 e. The summed E-state index contributed by atoms with van der Waals surface area (Å²) in [5.74, 6) is 0. The lowest BCUT2D eigenvalue weighted by Gasteiger charge is -2.04. The second-order valence-corrected chi connectivity index (χ2v) is 4.08. The predicted molar refractivity (Wildman–Crippen MR) is 76.7 cm³/mol. The lowest BCUT2D eigenvalue weighted by atomic mass is 10.1. The Morgan fingerprint density at radius 2 is 1.31 bits per heavy atom. The van der Waals surface area contributed by atoms with Gasteiger partial charge in [-0.2, -0.15) is 0 Å². The molecule has 0 radical (unpaired) electrons. The van der Waals surface area contributed by atoms with Gasteiger partial charge in [0.2, 0.25) is 0 Å². The smallest absolute Gasteiger partial charge is 0.00310 e. The third-order valence-electron chi connectivity index (χ3n) is 2.69. The molecule has 0 heterocycles. The van der Waals surface area contributed by atoms with E-state index in [2.05, 4.69) is 32.0 Å². The summed E-state index contributed by atoms with van der Waals surface area (Å²) < 4.78 is 0. The second-order valence-electron chi connectivity index (χ2n) is 4.08. The van der Waals surface area contributed by atoms with Crippen LogP contribution in [0.3, 0.4) is 0 Å². The Labute approximate surface area is 103 Å². The lowest BCUT2D eigenvalue weighted by Crippen LogP contribution is -2.03. The van der Waals surface area contributed by atoms with Crippen molar-refractivity contribution >= 4 is 0 Å². The van der Waals surface area contributed by atoms with E-state index in [1.807, 2.05) is 7.05 Å². The number of unbranched alkanes of at least 4 members (excludes halogenated alkanes) is 7. The van der Waals surface area contributed by atoms with Crippen LogP contribution < -0.4 is 5.32 Å². The molecule has 0 aliphatic heterocycles. The Hall–Kier alpha value is -0.720. The first-order valence-electron chi connectivity index (χ1n) is 6.66. The molecule has 16 heavy (non-hydrogen) atoms. The lowest BCUT2D eigenvalue weighted by molar-refractivity contribution is 0.572. The zero-order valence-electron chi connectivity index (χ0n) is 11.5. The Bertz CT molecular complexity index is 140. The van der Waals surface area contributed by atoms with Crippen LogP contribution >= 0.6 is 0 Å². The molecule has 1 nitrogen and oxygen atoms in total. The SMILES string of the molecule is C=C.C=C(CCCCCCCCCC)NC. The summed E-state index contributed by atoms with van der Waals surface area (Å²) in [5, 5.41) is 3.09. The van der Waals surface area contributed by atoms with Crippen LogP contribution in [0.2, 0.25) is 0 Å². The van der Waals surface area contributed by atoms with Gasteiger partial charge in [-0.25, -0.2) is 0 Å². The summed E-state index contributed by atoms with van der Waals surface area (Å²) in [6.45, 7) is 12.2. The Morgan fingerprint density at radius 3 is 1.75 bits per heavy atom. The molecule has 96 valence electrons. The van der Waals surface area contributed by atoms with Gasteiger partial charge in [0.1, 0.15) is 0 Å². The molecule has 0 rings (SSSR count). The molecule has 0 atom stereocenters. The van der Waals surface area contributed by atoms with E-state index < -0.39 is 0 Å². The van der Waals surface area contributed by atoms with Crippen molar-refractivity contribution in [2.45, 2.75) is 64.7 Å². The molecule has 0 fully saturated rings. The Morgan fingerprint density at radius 1 is 0.875 bits per heavy atom. The fourth-order valence-electron chi connectivity index (χ4n) is 1.60. The van der Waals surface area contributed by atoms with Crippen LogP contribution in [0, 0.1) is 0 Å². The van der Waals surface area contributed by atoms with Gasteiger partial charge >= 0.3 is 0 Å². The zero-order chi connectivity index (χ0) is 12.6. The van der Waals surface area contributed by atoms with Gasteiger partial charge < -0.3 is 5.32 Å². The van der Waals surface area contributed by atoms with E-state index in [4.69, 9.17) is 0 Å².